The van der Waals surface area contributed by atoms with E-state index in [0.29, 0.717) is 11.6 Å². The summed E-state index contributed by atoms with van der Waals surface area (Å²) in [4.78, 5) is 2.10. The number of benzene rings is 1. The first-order chi connectivity index (χ1) is 8.26. The van der Waals surface area contributed by atoms with E-state index in [1.54, 1.807) is 0 Å². The van der Waals surface area contributed by atoms with Gasteiger partial charge in [0.25, 0.3) is 0 Å². The third kappa shape index (κ3) is 2.14. The topological polar surface area (TPSA) is 12.5 Å². The summed E-state index contributed by atoms with van der Waals surface area (Å²) in [7, 11) is 0. The first-order valence-corrected chi connectivity index (χ1v) is 6.54. The van der Waals surface area contributed by atoms with Crippen LogP contribution in [0.1, 0.15) is 18.4 Å². The zero-order valence-corrected chi connectivity index (χ0v) is 10.3. The van der Waals surface area contributed by atoms with Crippen molar-refractivity contribution in [2.24, 2.45) is 0 Å². The molecule has 2 aliphatic heterocycles. The van der Waals surface area contributed by atoms with E-state index in [-0.39, 0.29) is 18.0 Å². The molecule has 3 rings (SSSR count). The number of morpholine rings is 1. The predicted molar refractivity (Wildman–Crippen MR) is 66.1 cm³/mol. The van der Waals surface area contributed by atoms with Crippen molar-refractivity contribution in [3.8, 4) is 0 Å². The van der Waals surface area contributed by atoms with Gasteiger partial charge in [-0.05, 0) is 30.5 Å². The number of ether oxygens (including phenoxy) is 1. The van der Waals surface area contributed by atoms with Crippen molar-refractivity contribution < 1.29 is 9.13 Å². The quantitative estimate of drug-likeness (QED) is 0.754. The van der Waals surface area contributed by atoms with E-state index in [1.165, 1.54) is 6.07 Å². The fourth-order valence-corrected chi connectivity index (χ4v) is 2.87. The summed E-state index contributed by atoms with van der Waals surface area (Å²) in [6.07, 6.45) is 2.76. The Hall–Kier alpha value is -0.800. The lowest BCUT2D eigenvalue weighted by Crippen LogP contribution is -2.43. The predicted octanol–water partition coefficient (Wildman–Crippen LogP) is 2.93. The largest absolute Gasteiger partial charge is 0.371 e. The van der Waals surface area contributed by atoms with Crippen LogP contribution in [0.4, 0.5) is 10.1 Å². The van der Waals surface area contributed by atoms with Crippen LogP contribution in [0.3, 0.4) is 0 Å². The molecule has 0 spiro atoms. The van der Waals surface area contributed by atoms with Crippen LogP contribution in [0.2, 0.25) is 0 Å². The maximum Gasteiger partial charge on any atom is 0.146 e. The van der Waals surface area contributed by atoms with E-state index in [0.717, 1.165) is 31.5 Å². The minimum Gasteiger partial charge on any atom is -0.371 e. The van der Waals surface area contributed by atoms with Gasteiger partial charge in [0.1, 0.15) is 5.82 Å². The Labute approximate surface area is 105 Å². The molecule has 2 saturated heterocycles. The van der Waals surface area contributed by atoms with E-state index in [9.17, 15) is 4.39 Å². The van der Waals surface area contributed by atoms with Gasteiger partial charge in [-0.1, -0.05) is 6.07 Å². The summed E-state index contributed by atoms with van der Waals surface area (Å²) in [5.74, 6) is 0.176. The Morgan fingerprint density at radius 3 is 2.59 bits per heavy atom. The number of alkyl halides is 1. The molecular weight excluding hydrogens is 241 g/mol. The van der Waals surface area contributed by atoms with E-state index in [1.807, 2.05) is 12.1 Å². The monoisotopic (exact) mass is 255 g/mol. The summed E-state index contributed by atoms with van der Waals surface area (Å²) in [5.41, 5.74) is 1.50. The lowest BCUT2D eigenvalue weighted by atomic mass is 10.2. The molecule has 0 aromatic heterocycles. The third-order valence-electron chi connectivity index (χ3n) is 3.55. The van der Waals surface area contributed by atoms with Gasteiger partial charge in [-0.25, -0.2) is 4.39 Å². The van der Waals surface area contributed by atoms with Crippen LogP contribution < -0.4 is 4.90 Å². The van der Waals surface area contributed by atoms with Crippen LogP contribution in [0.15, 0.2) is 18.2 Å². The summed E-state index contributed by atoms with van der Waals surface area (Å²) >= 11 is 5.69. The molecule has 2 fully saturated rings. The van der Waals surface area contributed by atoms with Crippen molar-refractivity contribution in [1.82, 2.24) is 0 Å². The first kappa shape index (κ1) is 11.3. The summed E-state index contributed by atoms with van der Waals surface area (Å²) < 4.78 is 19.7. The molecule has 17 heavy (non-hydrogen) atoms. The molecule has 0 saturated carbocycles. The summed E-state index contributed by atoms with van der Waals surface area (Å²) in [6, 6.07) is 5.25. The molecule has 0 aliphatic carbocycles. The molecule has 92 valence electrons. The Kier molecular flexibility index (Phi) is 2.97. The summed E-state index contributed by atoms with van der Waals surface area (Å²) in [5, 5.41) is 0. The third-order valence-corrected chi connectivity index (χ3v) is 3.86. The number of rotatable bonds is 2. The van der Waals surface area contributed by atoms with Gasteiger partial charge < -0.3 is 9.64 Å². The Balaban J connectivity index is 1.84. The summed E-state index contributed by atoms with van der Waals surface area (Å²) in [6.45, 7) is 1.60. The van der Waals surface area contributed by atoms with Gasteiger partial charge in [0.15, 0.2) is 0 Å². The molecule has 2 atom stereocenters. The number of halogens is 2. The molecule has 2 nitrogen and oxygen atoms in total. The smallest absolute Gasteiger partial charge is 0.146 e. The highest BCUT2D eigenvalue weighted by Gasteiger charge is 2.34. The second kappa shape index (κ2) is 4.46. The molecule has 2 bridgehead atoms. The van der Waals surface area contributed by atoms with Crippen LogP contribution in [0.25, 0.3) is 0 Å². The highest BCUT2D eigenvalue weighted by Crippen LogP contribution is 2.31. The second-order valence-corrected chi connectivity index (χ2v) is 5.05. The van der Waals surface area contributed by atoms with Gasteiger partial charge in [0, 0.05) is 19.0 Å². The minimum atomic E-state index is -0.176. The molecule has 2 aliphatic rings. The Morgan fingerprint density at radius 1 is 1.29 bits per heavy atom. The van der Waals surface area contributed by atoms with Gasteiger partial charge in [0.2, 0.25) is 0 Å². The second-order valence-electron chi connectivity index (χ2n) is 4.78. The van der Waals surface area contributed by atoms with Gasteiger partial charge in [-0.15, -0.1) is 11.6 Å². The molecule has 0 radical (unpaired) electrons. The SMILES string of the molecule is Fc1cc(CCl)ccc1N1CC2CCC(C1)O2. The van der Waals surface area contributed by atoms with Gasteiger partial charge in [-0.3, -0.25) is 0 Å². The zero-order chi connectivity index (χ0) is 11.8. The van der Waals surface area contributed by atoms with E-state index in [4.69, 9.17) is 16.3 Å². The molecule has 1 aromatic carbocycles. The van der Waals surface area contributed by atoms with Crippen LogP contribution in [0.5, 0.6) is 0 Å². The van der Waals surface area contributed by atoms with Crippen LogP contribution in [-0.2, 0) is 10.6 Å². The molecule has 2 unspecified atom stereocenters. The number of hydrogen-bond donors (Lipinski definition) is 0. The van der Waals surface area contributed by atoms with Gasteiger partial charge >= 0.3 is 0 Å². The number of anilines is 1. The Bertz CT molecular complexity index is 414. The van der Waals surface area contributed by atoms with Crippen molar-refractivity contribution >= 4 is 17.3 Å². The number of nitrogens with zero attached hydrogens (tertiary/aromatic N) is 1. The van der Waals surface area contributed by atoms with Crippen molar-refractivity contribution in [2.75, 3.05) is 18.0 Å². The van der Waals surface area contributed by atoms with Gasteiger partial charge in [-0.2, -0.15) is 0 Å². The highest BCUT2D eigenvalue weighted by molar-refractivity contribution is 6.17. The Morgan fingerprint density at radius 2 is 2.00 bits per heavy atom. The normalized spacial score (nSPS) is 27.5. The van der Waals surface area contributed by atoms with Crippen LogP contribution in [0, 0.1) is 5.82 Å². The van der Waals surface area contributed by atoms with E-state index >= 15 is 0 Å². The van der Waals surface area contributed by atoms with Gasteiger partial charge in [0.05, 0.1) is 17.9 Å². The van der Waals surface area contributed by atoms with Crippen molar-refractivity contribution in [3.63, 3.8) is 0 Å². The van der Waals surface area contributed by atoms with Crippen LogP contribution in [-0.4, -0.2) is 25.3 Å². The minimum absolute atomic E-state index is 0.176. The molecule has 0 N–H and O–H groups in total. The average molecular weight is 256 g/mol. The fraction of sp³-hybridized carbons (Fsp3) is 0.538. The molecule has 4 heteroatoms. The zero-order valence-electron chi connectivity index (χ0n) is 9.53. The molecule has 2 heterocycles. The number of hydrogen-bond acceptors (Lipinski definition) is 2. The average Bonchev–Trinajstić information content (AvgIpc) is 2.68. The number of fused-ring (bicyclic) bond motifs is 2. The first-order valence-electron chi connectivity index (χ1n) is 6.01. The van der Waals surface area contributed by atoms with Crippen LogP contribution >= 0.6 is 11.6 Å². The fourth-order valence-electron chi connectivity index (χ4n) is 2.70. The van der Waals surface area contributed by atoms with Crippen molar-refractivity contribution in [2.45, 2.75) is 30.9 Å². The highest BCUT2D eigenvalue weighted by atomic mass is 35.5. The molecule has 0 amide bonds. The standard InChI is InChI=1S/C13H15ClFNO/c14-6-9-1-4-13(12(15)5-9)16-7-10-2-3-11(8-16)17-10/h1,4-5,10-11H,2-3,6-8H2. The molecular formula is C13H15ClFNO. The molecule has 1 aromatic rings. The van der Waals surface area contributed by atoms with Crippen molar-refractivity contribution in [3.05, 3.63) is 29.6 Å². The van der Waals surface area contributed by atoms with Crippen molar-refractivity contribution in [1.29, 1.82) is 0 Å². The maximum atomic E-state index is 14.0. The lowest BCUT2D eigenvalue weighted by molar-refractivity contribution is 0.0303. The lowest BCUT2D eigenvalue weighted by Gasteiger charge is -2.34. The van der Waals surface area contributed by atoms with E-state index < -0.39 is 0 Å². The van der Waals surface area contributed by atoms with E-state index in [2.05, 4.69) is 4.90 Å². The maximum absolute atomic E-state index is 14.0.